The lowest BCUT2D eigenvalue weighted by atomic mass is 9.70. The number of aliphatic hydroxyl groups excluding tert-OH is 1. The van der Waals surface area contributed by atoms with Crippen LogP contribution in [0.25, 0.3) is 0 Å². The maximum Gasteiger partial charge on any atom is 0.312 e. The molecule has 9 nitrogen and oxygen atoms in total. The third-order valence-electron chi connectivity index (χ3n) is 7.99. The molecule has 0 aromatic heterocycles. The van der Waals surface area contributed by atoms with Gasteiger partial charge in [-0.2, -0.15) is 0 Å². The van der Waals surface area contributed by atoms with Crippen LogP contribution in [0.2, 0.25) is 0 Å². The number of fused-ring (bicyclic) bond motifs is 1. The summed E-state index contributed by atoms with van der Waals surface area (Å²) in [6.07, 6.45) is 6.37. The van der Waals surface area contributed by atoms with Gasteiger partial charge in [0.15, 0.2) is 0 Å². The lowest BCUT2D eigenvalue weighted by Gasteiger charge is -2.38. The highest BCUT2D eigenvalue weighted by atomic mass is 16.6. The number of unbranched alkanes of at least 4 members (excludes halogenated alkanes) is 2. The molecular weight excluding hydrogens is 488 g/mol. The molecule has 4 rings (SSSR count). The Morgan fingerprint density at radius 3 is 2.63 bits per heavy atom. The SMILES string of the molecule is C=CCCCCOC(=O)[C@@H]1[C@@H]2CCC3(O2)C(C(=O)N(CC=C)c2ccc(OC)cc2)N([C@H](C)CO)C(=O)[C@H]13. The fourth-order valence-corrected chi connectivity index (χ4v) is 6.22. The summed E-state index contributed by atoms with van der Waals surface area (Å²) in [5.74, 6) is -2.13. The number of amides is 2. The number of ether oxygens (including phenoxy) is 3. The van der Waals surface area contributed by atoms with Gasteiger partial charge in [-0.1, -0.05) is 12.2 Å². The Hall–Kier alpha value is -3.17. The lowest BCUT2D eigenvalue weighted by Crippen LogP contribution is -2.58. The van der Waals surface area contributed by atoms with Crippen molar-refractivity contribution in [2.45, 2.75) is 62.8 Å². The highest BCUT2D eigenvalue weighted by Gasteiger charge is 2.75. The van der Waals surface area contributed by atoms with E-state index in [9.17, 15) is 19.5 Å². The Kier molecular flexibility index (Phi) is 8.57. The molecule has 2 amide bonds. The Morgan fingerprint density at radius 1 is 1.26 bits per heavy atom. The van der Waals surface area contributed by atoms with Gasteiger partial charge in [0.05, 0.1) is 44.3 Å². The van der Waals surface area contributed by atoms with Crippen molar-refractivity contribution in [3.63, 3.8) is 0 Å². The van der Waals surface area contributed by atoms with E-state index in [1.807, 2.05) is 6.08 Å². The molecule has 38 heavy (non-hydrogen) atoms. The van der Waals surface area contributed by atoms with E-state index in [-0.39, 0.29) is 31.6 Å². The standard InChI is InChI=1S/C29H38N2O7/c1-5-7-8-9-17-37-28(35)23-22-14-15-29(38-22)24(23)26(33)31(19(3)18-32)25(29)27(34)30(16-6-2)20-10-12-21(36-4)13-11-20/h5-6,10-13,19,22-25,32H,1-2,7-9,14-18H2,3-4H3/t19-,22+,23-,24+,25?,29?/m1/s1. The number of carbonyl (C=O) groups is 3. The van der Waals surface area contributed by atoms with Crippen molar-refractivity contribution in [1.82, 2.24) is 4.90 Å². The first-order valence-corrected chi connectivity index (χ1v) is 13.3. The first-order chi connectivity index (χ1) is 18.3. The maximum absolute atomic E-state index is 14.3. The number of carbonyl (C=O) groups excluding carboxylic acids is 3. The van der Waals surface area contributed by atoms with Crippen LogP contribution in [-0.4, -0.2) is 78.4 Å². The molecular formula is C29H38N2O7. The lowest BCUT2D eigenvalue weighted by molar-refractivity contribution is -0.155. The average molecular weight is 527 g/mol. The minimum Gasteiger partial charge on any atom is -0.497 e. The van der Waals surface area contributed by atoms with Crippen LogP contribution < -0.4 is 9.64 Å². The average Bonchev–Trinajstić information content (AvgIpc) is 3.58. The predicted octanol–water partition coefficient (Wildman–Crippen LogP) is 2.87. The molecule has 1 aromatic carbocycles. The van der Waals surface area contributed by atoms with Gasteiger partial charge in [-0.05, 0) is 63.3 Å². The molecule has 1 spiro atoms. The van der Waals surface area contributed by atoms with Crippen molar-refractivity contribution in [2.75, 3.05) is 31.8 Å². The molecule has 0 aliphatic carbocycles. The zero-order valence-electron chi connectivity index (χ0n) is 22.2. The molecule has 3 aliphatic heterocycles. The number of rotatable bonds is 13. The van der Waals surface area contributed by atoms with Crippen molar-refractivity contribution in [1.29, 1.82) is 0 Å². The van der Waals surface area contributed by atoms with Gasteiger partial charge in [0.2, 0.25) is 5.91 Å². The quantitative estimate of drug-likeness (QED) is 0.239. The summed E-state index contributed by atoms with van der Waals surface area (Å²) in [5, 5.41) is 10.0. The number of anilines is 1. The number of hydrogen-bond donors (Lipinski definition) is 1. The van der Waals surface area contributed by atoms with Crippen LogP contribution in [0, 0.1) is 11.8 Å². The Labute approximate surface area is 224 Å². The normalized spacial score (nSPS) is 28.1. The molecule has 0 saturated carbocycles. The van der Waals surface area contributed by atoms with E-state index < -0.39 is 41.6 Å². The third-order valence-corrected chi connectivity index (χ3v) is 7.99. The zero-order valence-corrected chi connectivity index (χ0v) is 22.2. The van der Waals surface area contributed by atoms with E-state index in [4.69, 9.17) is 14.2 Å². The predicted molar refractivity (Wildman–Crippen MR) is 142 cm³/mol. The van der Waals surface area contributed by atoms with Gasteiger partial charge in [-0.3, -0.25) is 14.4 Å². The van der Waals surface area contributed by atoms with Gasteiger partial charge in [0.25, 0.3) is 5.91 Å². The van der Waals surface area contributed by atoms with Crippen LogP contribution in [0.4, 0.5) is 5.69 Å². The van der Waals surface area contributed by atoms with Crippen LogP contribution in [0.3, 0.4) is 0 Å². The maximum atomic E-state index is 14.3. The summed E-state index contributed by atoms with van der Waals surface area (Å²) in [6.45, 7) is 9.34. The molecule has 3 fully saturated rings. The van der Waals surface area contributed by atoms with Gasteiger partial charge in [0, 0.05) is 12.2 Å². The fourth-order valence-electron chi connectivity index (χ4n) is 6.22. The first kappa shape index (κ1) is 27.9. The summed E-state index contributed by atoms with van der Waals surface area (Å²) < 4.78 is 17.3. The van der Waals surface area contributed by atoms with E-state index >= 15 is 0 Å². The minimum absolute atomic E-state index is 0.206. The number of likely N-dealkylation sites (tertiary alicyclic amines) is 1. The highest BCUT2D eigenvalue weighted by molar-refractivity contribution is 6.04. The van der Waals surface area contributed by atoms with Gasteiger partial charge in [-0.15, -0.1) is 13.2 Å². The molecule has 1 N–H and O–H groups in total. The van der Waals surface area contributed by atoms with Crippen LogP contribution in [-0.2, 0) is 23.9 Å². The number of methoxy groups -OCH3 is 1. The van der Waals surface area contributed by atoms with E-state index in [0.29, 0.717) is 30.7 Å². The van der Waals surface area contributed by atoms with Crippen LogP contribution in [0.15, 0.2) is 49.6 Å². The summed E-state index contributed by atoms with van der Waals surface area (Å²) in [4.78, 5) is 44.4. The molecule has 206 valence electrons. The van der Waals surface area contributed by atoms with Crippen molar-refractivity contribution in [2.24, 2.45) is 11.8 Å². The zero-order chi connectivity index (χ0) is 27.4. The molecule has 3 aliphatic rings. The molecule has 2 unspecified atom stereocenters. The van der Waals surface area contributed by atoms with Crippen molar-refractivity contribution < 1.29 is 33.7 Å². The molecule has 3 saturated heterocycles. The number of allylic oxidation sites excluding steroid dienone is 1. The largest absolute Gasteiger partial charge is 0.497 e. The van der Waals surface area contributed by atoms with E-state index in [0.717, 1.165) is 12.8 Å². The molecule has 9 heteroatoms. The number of hydrogen-bond acceptors (Lipinski definition) is 7. The van der Waals surface area contributed by atoms with E-state index in [1.165, 1.54) is 4.90 Å². The summed E-state index contributed by atoms with van der Waals surface area (Å²) in [6, 6.07) is 5.41. The molecule has 0 radical (unpaired) electrons. The van der Waals surface area contributed by atoms with Gasteiger partial charge < -0.3 is 29.1 Å². The van der Waals surface area contributed by atoms with Gasteiger partial charge >= 0.3 is 5.97 Å². The molecule has 1 aromatic rings. The van der Waals surface area contributed by atoms with Crippen molar-refractivity contribution in [3.8, 4) is 5.75 Å². The monoisotopic (exact) mass is 526 g/mol. The minimum atomic E-state index is -1.17. The summed E-state index contributed by atoms with van der Waals surface area (Å²) in [5.41, 5.74) is -0.552. The van der Waals surface area contributed by atoms with E-state index in [1.54, 1.807) is 49.3 Å². The second-order valence-electron chi connectivity index (χ2n) is 10.2. The summed E-state index contributed by atoms with van der Waals surface area (Å²) in [7, 11) is 1.57. The Balaban J connectivity index is 1.66. The molecule has 2 bridgehead atoms. The highest BCUT2D eigenvalue weighted by Crippen LogP contribution is 2.59. The smallest absolute Gasteiger partial charge is 0.312 e. The number of aliphatic hydroxyl groups is 1. The van der Waals surface area contributed by atoms with E-state index in [2.05, 4.69) is 13.2 Å². The second kappa shape index (κ2) is 11.7. The Morgan fingerprint density at radius 2 is 2.00 bits per heavy atom. The number of benzene rings is 1. The van der Waals surface area contributed by atoms with Gasteiger partial charge in [-0.25, -0.2) is 0 Å². The molecule has 3 heterocycles. The van der Waals surface area contributed by atoms with Crippen molar-refractivity contribution >= 4 is 23.5 Å². The number of nitrogens with zero attached hydrogens (tertiary/aromatic N) is 2. The third kappa shape index (κ3) is 4.73. The fraction of sp³-hybridized carbons (Fsp3) is 0.552. The van der Waals surface area contributed by atoms with Crippen LogP contribution >= 0.6 is 0 Å². The van der Waals surface area contributed by atoms with Gasteiger partial charge in [0.1, 0.15) is 17.4 Å². The number of esters is 1. The Bertz CT molecular complexity index is 1060. The molecule has 6 atom stereocenters. The topological polar surface area (TPSA) is 106 Å². The summed E-state index contributed by atoms with van der Waals surface area (Å²) >= 11 is 0. The van der Waals surface area contributed by atoms with Crippen LogP contribution in [0.5, 0.6) is 5.75 Å². The van der Waals surface area contributed by atoms with Crippen LogP contribution in [0.1, 0.15) is 39.0 Å². The first-order valence-electron chi connectivity index (χ1n) is 13.3. The van der Waals surface area contributed by atoms with Crippen molar-refractivity contribution in [3.05, 3.63) is 49.6 Å². The second-order valence-corrected chi connectivity index (χ2v) is 10.2.